The summed E-state index contributed by atoms with van der Waals surface area (Å²) in [7, 11) is 0. The van der Waals surface area contributed by atoms with E-state index in [9.17, 15) is 13.2 Å². The molecule has 0 saturated heterocycles. The van der Waals surface area contributed by atoms with Gasteiger partial charge in [-0.05, 0) is 24.6 Å². The van der Waals surface area contributed by atoms with Crippen molar-refractivity contribution >= 4 is 15.9 Å². The summed E-state index contributed by atoms with van der Waals surface area (Å²) in [6, 6.07) is 4.03. The van der Waals surface area contributed by atoms with Crippen LogP contribution in [0.1, 0.15) is 16.7 Å². The van der Waals surface area contributed by atoms with Gasteiger partial charge in [0, 0.05) is 5.33 Å². The van der Waals surface area contributed by atoms with Crippen LogP contribution in [0.5, 0.6) is 0 Å². The number of aryl methyl sites for hydroxylation is 1. The van der Waals surface area contributed by atoms with E-state index >= 15 is 0 Å². The van der Waals surface area contributed by atoms with Gasteiger partial charge in [0.05, 0.1) is 5.56 Å². The van der Waals surface area contributed by atoms with Crippen LogP contribution < -0.4 is 0 Å². The molecule has 13 heavy (non-hydrogen) atoms. The monoisotopic (exact) mass is 252 g/mol. The van der Waals surface area contributed by atoms with E-state index in [4.69, 9.17) is 0 Å². The van der Waals surface area contributed by atoms with Crippen molar-refractivity contribution in [2.45, 2.75) is 18.4 Å². The zero-order chi connectivity index (χ0) is 10.1. The first-order chi connectivity index (χ1) is 5.93. The van der Waals surface area contributed by atoms with E-state index in [1.807, 2.05) is 0 Å². The molecule has 0 radical (unpaired) electrons. The van der Waals surface area contributed by atoms with Crippen LogP contribution in [0.2, 0.25) is 0 Å². The molecule has 0 amide bonds. The molecule has 0 N–H and O–H groups in total. The molecule has 0 nitrogen and oxygen atoms in total. The topological polar surface area (TPSA) is 0 Å². The molecule has 0 saturated carbocycles. The van der Waals surface area contributed by atoms with Gasteiger partial charge in [0.2, 0.25) is 0 Å². The van der Waals surface area contributed by atoms with Gasteiger partial charge in [0.1, 0.15) is 0 Å². The Kier molecular flexibility index (Phi) is 3.01. The Labute approximate surface area is 82.9 Å². The lowest BCUT2D eigenvalue weighted by Crippen LogP contribution is -2.05. The Bertz CT molecular complexity index is 304. The Hall–Kier alpha value is -0.510. The summed E-state index contributed by atoms with van der Waals surface area (Å²) in [5, 5.41) is 0.442. The van der Waals surface area contributed by atoms with E-state index in [1.54, 1.807) is 13.0 Å². The largest absolute Gasteiger partial charge is 0.416 e. The third-order valence-corrected chi connectivity index (χ3v) is 2.27. The van der Waals surface area contributed by atoms with Gasteiger partial charge in [0.25, 0.3) is 0 Å². The molecule has 0 aliphatic heterocycles. The van der Waals surface area contributed by atoms with Crippen molar-refractivity contribution in [3.05, 3.63) is 34.9 Å². The molecule has 0 aliphatic carbocycles. The predicted molar refractivity (Wildman–Crippen MR) is 48.8 cm³/mol. The van der Waals surface area contributed by atoms with Crippen molar-refractivity contribution in [1.82, 2.24) is 0 Å². The summed E-state index contributed by atoms with van der Waals surface area (Å²) in [5.74, 6) is 0. The third-order valence-electron chi connectivity index (χ3n) is 1.62. The van der Waals surface area contributed by atoms with Gasteiger partial charge in [0.15, 0.2) is 0 Å². The molecule has 0 fully saturated rings. The molecule has 0 spiro atoms. The third kappa shape index (κ3) is 2.72. The van der Waals surface area contributed by atoms with Gasteiger partial charge in [-0.15, -0.1) is 0 Å². The lowest BCUT2D eigenvalue weighted by Gasteiger charge is -2.08. The minimum Gasteiger partial charge on any atom is -0.166 e. The van der Waals surface area contributed by atoms with Crippen molar-refractivity contribution in [3.63, 3.8) is 0 Å². The molecule has 1 aromatic rings. The number of alkyl halides is 4. The van der Waals surface area contributed by atoms with Gasteiger partial charge in [-0.3, -0.25) is 0 Å². The smallest absolute Gasteiger partial charge is 0.166 e. The van der Waals surface area contributed by atoms with E-state index in [0.29, 0.717) is 16.5 Å². The molecule has 1 rings (SSSR count). The van der Waals surface area contributed by atoms with Crippen molar-refractivity contribution < 1.29 is 13.2 Å². The maximum atomic E-state index is 12.3. The zero-order valence-electron chi connectivity index (χ0n) is 6.95. The second-order valence-electron chi connectivity index (χ2n) is 2.84. The Balaban J connectivity index is 3.16. The maximum absolute atomic E-state index is 12.3. The number of halogens is 4. The van der Waals surface area contributed by atoms with Crippen LogP contribution in [0.25, 0.3) is 0 Å². The van der Waals surface area contributed by atoms with E-state index in [1.165, 1.54) is 0 Å². The minimum atomic E-state index is -4.25. The number of hydrogen-bond donors (Lipinski definition) is 0. The van der Waals surface area contributed by atoms with E-state index in [-0.39, 0.29) is 0 Å². The van der Waals surface area contributed by atoms with Crippen LogP contribution in [0, 0.1) is 6.92 Å². The van der Waals surface area contributed by atoms with Crippen molar-refractivity contribution in [3.8, 4) is 0 Å². The van der Waals surface area contributed by atoms with Gasteiger partial charge in [-0.1, -0.05) is 27.6 Å². The quantitative estimate of drug-likeness (QED) is 0.665. The minimum absolute atomic E-state index is 0.442. The number of hydrogen-bond acceptors (Lipinski definition) is 0. The highest BCUT2D eigenvalue weighted by molar-refractivity contribution is 9.08. The van der Waals surface area contributed by atoms with Crippen molar-refractivity contribution in [2.24, 2.45) is 0 Å². The molecule has 0 aliphatic rings. The molecule has 0 aromatic heterocycles. The molecule has 0 unspecified atom stereocenters. The van der Waals surface area contributed by atoms with E-state index in [2.05, 4.69) is 15.9 Å². The summed E-state index contributed by atoms with van der Waals surface area (Å²) >= 11 is 3.13. The van der Waals surface area contributed by atoms with Gasteiger partial charge in [-0.25, -0.2) is 0 Å². The van der Waals surface area contributed by atoms with Crippen LogP contribution in [-0.2, 0) is 11.5 Å². The molecular weight excluding hydrogens is 245 g/mol. The molecule has 72 valence electrons. The molecule has 1 aromatic carbocycles. The van der Waals surface area contributed by atoms with Crippen LogP contribution in [0.3, 0.4) is 0 Å². The fraction of sp³-hybridized carbons (Fsp3) is 0.333. The second-order valence-corrected chi connectivity index (χ2v) is 3.40. The fourth-order valence-electron chi connectivity index (χ4n) is 1.10. The summed E-state index contributed by atoms with van der Waals surface area (Å²) in [5.41, 5.74) is 0.693. The Morgan fingerprint density at radius 1 is 1.23 bits per heavy atom. The van der Waals surface area contributed by atoms with Crippen molar-refractivity contribution in [1.29, 1.82) is 0 Å². The van der Waals surface area contributed by atoms with E-state index in [0.717, 1.165) is 12.1 Å². The maximum Gasteiger partial charge on any atom is 0.416 e. The van der Waals surface area contributed by atoms with Crippen LogP contribution in [-0.4, -0.2) is 0 Å². The number of benzene rings is 1. The first-order valence-corrected chi connectivity index (χ1v) is 4.79. The summed E-state index contributed by atoms with van der Waals surface area (Å²) in [6.07, 6.45) is -4.25. The van der Waals surface area contributed by atoms with E-state index < -0.39 is 11.7 Å². The fourth-order valence-corrected chi connectivity index (χ4v) is 1.43. The van der Waals surface area contributed by atoms with Crippen LogP contribution in [0.4, 0.5) is 13.2 Å². The van der Waals surface area contributed by atoms with Crippen LogP contribution >= 0.6 is 15.9 Å². The first-order valence-electron chi connectivity index (χ1n) is 3.67. The molecule has 0 bridgehead atoms. The molecular formula is C9H8BrF3. The average molecular weight is 253 g/mol. The highest BCUT2D eigenvalue weighted by atomic mass is 79.9. The molecule has 0 atom stereocenters. The van der Waals surface area contributed by atoms with Crippen molar-refractivity contribution in [2.75, 3.05) is 0 Å². The van der Waals surface area contributed by atoms with Gasteiger partial charge < -0.3 is 0 Å². The summed E-state index contributed by atoms with van der Waals surface area (Å²) in [4.78, 5) is 0. The average Bonchev–Trinajstić information content (AvgIpc) is 2.01. The van der Waals surface area contributed by atoms with Gasteiger partial charge >= 0.3 is 6.18 Å². The van der Waals surface area contributed by atoms with Crippen LogP contribution in [0.15, 0.2) is 18.2 Å². The molecule has 0 heterocycles. The summed E-state index contributed by atoms with van der Waals surface area (Å²) in [6.45, 7) is 1.65. The Morgan fingerprint density at radius 2 is 1.85 bits per heavy atom. The standard InChI is InChI=1S/C9H8BrF3/c1-6-2-7(5-10)4-8(3-6)9(11,12)13/h2-4H,5H2,1H3. The highest BCUT2D eigenvalue weighted by Crippen LogP contribution is 2.30. The second kappa shape index (κ2) is 3.70. The molecule has 4 heteroatoms. The predicted octanol–water partition coefficient (Wildman–Crippen LogP) is 3.91. The van der Waals surface area contributed by atoms with Gasteiger partial charge in [-0.2, -0.15) is 13.2 Å². The lowest BCUT2D eigenvalue weighted by molar-refractivity contribution is -0.137. The Morgan fingerprint density at radius 3 is 2.31 bits per heavy atom. The normalized spacial score (nSPS) is 11.8. The number of rotatable bonds is 1. The SMILES string of the molecule is Cc1cc(CBr)cc(C(F)(F)F)c1. The zero-order valence-corrected chi connectivity index (χ0v) is 8.54. The first kappa shape index (κ1) is 10.6. The summed E-state index contributed by atoms with van der Waals surface area (Å²) < 4.78 is 36.8. The highest BCUT2D eigenvalue weighted by Gasteiger charge is 2.30. The lowest BCUT2D eigenvalue weighted by atomic mass is 10.1.